The molecule has 0 atom stereocenters. The number of hydrogen-bond acceptors (Lipinski definition) is 5. The monoisotopic (exact) mass is 435 g/mol. The van der Waals surface area contributed by atoms with Crippen molar-refractivity contribution in [3.8, 4) is 0 Å². The molecule has 1 heterocycles. The normalized spacial score (nSPS) is 11.7. The van der Waals surface area contributed by atoms with E-state index in [4.69, 9.17) is 0 Å². The summed E-state index contributed by atoms with van der Waals surface area (Å²) in [7, 11) is 3.80. The number of hydrogen-bond donors (Lipinski definition) is 2. The van der Waals surface area contributed by atoms with Crippen molar-refractivity contribution < 1.29 is 17.6 Å². The fourth-order valence-corrected chi connectivity index (χ4v) is 2.39. The highest BCUT2D eigenvalue weighted by Crippen LogP contribution is 2.31. The Morgan fingerprint density at radius 1 is 1.15 bits per heavy atom. The largest absolute Gasteiger partial charge is 0.433 e. The number of benzene rings is 1. The van der Waals surface area contributed by atoms with Crippen molar-refractivity contribution in [3.63, 3.8) is 0 Å². The zero-order valence-electron chi connectivity index (χ0n) is 14.2. The molecule has 1 aromatic heterocycles. The highest BCUT2D eigenvalue weighted by molar-refractivity contribution is 9.10. The van der Waals surface area contributed by atoms with Gasteiger partial charge in [-0.15, -0.1) is 0 Å². The molecule has 0 aliphatic rings. The minimum Gasteiger partial charge on any atom is -0.354 e. The zero-order valence-corrected chi connectivity index (χ0v) is 15.7. The molecule has 2 aromatic rings. The number of anilines is 3. The Labute approximate surface area is 157 Å². The maximum Gasteiger partial charge on any atom is 0.433 e. The summed E-state index contributed by atoms with van der Waals surface area (Å²) >= 11 is 3.12. The van der Waals surface area contributed by atoms with Crippen LogP contribution in [0.4, 0.5) is 35.0 Å². The van der Waals surface area contributed by atoms with Crippen molar-refractivity contribution >= 4 is 33.4 Å². The van der Waals surface area contributed by atoms with Crippen LogP contribution in [0.25, 0.3) is 0 Å². The van der Waals surface area contributed by atoms with Crippen LogP contribution in [0.2, 0.25) is 0 Å². The van der Waals surface area contributed by atoms with Gasteiger partial charge in [0.2, 0.25) is 5.95 Å². The molecule has 0 saturated heterocycles. The number of nitrogens with zero attached hydrogens (tertiary/aromatic N) is 3. The Hall–Kier alpha value is -1.94. The Kier molecular flexibility index (Phi) is 6.76. The molecular formula is C16H18BrF4N5. The first-order valence-corrected chi connectivity index (χ1v) is 8.51. The van der Waals surface area contributed by atoms with E-state index in [0.29, 0.717) is 17.4 Å². The third-order valence-corrected chi connectivity index (χ3v) is 3.77. The van der Waals surface area contributed by atoms with Gasteiger partial charge in [-0.3, -0.25) is 0 Å². The Morgan fingerprint density at radius 3 is 2.50 bits per heavy atom. The van der Waals surface area contributed by atoms with Crippen LogP contribution in [0, 0.1) is 5.82 Å². The summed E-state index contributed by atoms with van der Waals surface area (Å²) in [6.45, 7) is 1.17. The van der Waals surface area contributed by atoms with Gasteiger partial charge in [0.1, 0.15) is 11.6 Å². The maximum absolute atomic E-state index is 13.9. The maximum atomic E-state index is 13.9. The second-order valence-electron chi connectivity index (χ2n) is 5.79. The predicted molar refractivity (Wildman–Crippen MR) is 96.1 cm³/mol. The summed E-state index contributed by atoms with van der Waals surface area (Å²) in [6.07, 6.45) is -3.94. The molecule has 0 aliphatic heterocycles. The molecule has 0 radical (unpaired) electrons. The smallest absolute Gasteiger partial charge is 0.354 e. The molecule has 0 fully saturated rings. The minimum atomic E-state index is -4.64. The second kappa shape index (κ2) is 8.63. The number of halogens is 5. The third-order valence-electron chi connectivity index (χ3n) is 3.28. The van der Waals surface area contributed by atoms with Crippen LogP contribution >= 0.6 is 15.9 Å². The lowest BCUT2D eigenvalue weighted by atomic mass is 10.3. The van der Waals surface area contributed by atoms with Crippen molar-refractivity contribution in [2.75, 3.05) is 37.8 Å². The van der Waals surface area contributed by atoms with Crippen molar-refractivity contribution in [3.05, 3.63) is 40.2 Å². The van der Waals surface area contributed by atoms with Crippen molar-refractivity contribution in [2.45, 2.75) is 12.6 Å². The molecule has 142 valence electrons. The van der Waals surface area contributed by atoms with Crippen molar-refractivity contribution in [2.24, 2.45) is 0 Å². The number of rotatable bonds is 7. The zero-order chi connectivity index (χ0) is 19.3. The number of alkyl halides is 3. The van der Waals surface area contributed by atoms with Gasteiger partial charge in [-0.2, -0.15) is 18.2 Å². The van der Waals surface area contributed by atoms with Gasteiger partial charge in [-0.1, -0.05) is 15.9 Å². The average Bonchev–Trinajstić information content (AvgIpc) is 2.53. The molecule has 0 spiro atoms. The van der Waals surface area contributed by atoms with Crippen LogP contribution in [0.5, 0.6) is 0 Å². The summed E-state index contributed by atoms with van der Waals surface area (Å²) in [6, 6.07) is 4.91. The number of nitrogens with one attached hydrogen (secondary N) is 2. The molecule has 2 N–H and O–H groups in total. The molecule has 26 heavy (non-hydrogen) atoms. The van der Waals surface area contributed by atoms with Gasteiger partial charge >= 0.3 is 6.18 Å². The molecule has 0 unspecified atom stereocenters. The van der Waals surface area contributed by atoms with E-state index in [9.17, 15) is 17.6 Å². The van der Waals surface area contributed by atoms with Gasteiger partial charge in [-0.05, 0) is 45.3 Å². The molecule has 2 rings (SSSR count). The van der Waals surface area contributed by atoms with E-state index >= 15 is 0 Å². The van der Waals surface area contributed by atoms with Crippen LogP contribution < -0.4 is 10.6 Å². The van der Waals surface area contributed by atoms with Gasteiger partial charge in [0.25, 0.3) is 0 Å². The lowest BCUT2D eigenvalue weighted by Gasteiger charge is -2.14. The van der Waals surface area contributed by atoms with E-state index in [1.54, 1.807) is 6.07 Å². The van der Waals surface area contributed by atoms with Crippen LogP contribution in [0.15, 0.2) is 28.7 Å². The number of aromatic nitrogens is 2. The lowest BCUT2D eigenvalue weighted by molar-refractivity contribution is -0.141. The topological polar surface area (TPSA) is 53.1 Å². The van der Waals surface area contributed by atoms with Crippen LogP contribution in [-0.4, -0.2) is 42.1 Å². The highest BCUT2D eigenvalue weighted by Gasteiger charge is 2.33. The third kappa shape index (κ3) is 6.10. The fraction of sp³-hybridized carbons (Fsp3) is 0.375. The van der Waals surface area contributed by atoms with E-state index < -0.39 is 17.7 Å². The summed E-state index contributed by atoms with van der Waals surface area (Å²) < 4.78 is 53.7. The van der Waals surface area contributed by atoms with Gasteiger partial charge in [0.05, 0.1) is 5.69 Å². The fourth-order valence-electron chi connectivity index (χ4n) is 2.06. The average molecular weight is 436 g/mol. The predicted octanol–water partition coefficient (Wildman–Crippen LogP) is 4.50. The van der Waals surface area contributed by atoms with Gasteiger partial charge < -0.3 is 15.5 Å². The minimum absolute atomic E-state index is 0.0126. The molecule has 0 aliphatic carbocycles. The van der Waals surface area contributed by atoms with E-state index in [1.165, 1.54) is 12.1 Å². The van der Waals surface area contributed by atoms with E-state index in [1.807, 2.05) is 19.0 Å². The quantitative estimate of drug-likeness (QED) is 0.495. The molecule has 0 saturated carbocycles. The second-order valence-corrected chi connectivity index (χ2v) is 6.71. The molecule has 0 bridgehead atoms. The van der Waals surface area contributed by atoms with Crippen molar-refractivity contribution in [1.82, 2.24) is 14.9 Å². The van der Waals surface area contributed by atoms with E-state index in [0.717, 1.165) is 12.6 Å². The van der Waals surface area contributed by atoms with Crippen molar-refractivity contribution in [1.29, 1.82) is 0 Å². The molecular weight excluding hydrogens is 418 g/mol. The summed E-state index contributed by atoms with van der Waals surface area (Å²) in [5.74, 6) is -0.936. The SMILES string of the molecule is CN(C)CCCNc1nc(Nc2ccc(Br)cc2F)cc(C(F)(F)F)n1. The Balaban J connectivity index is 2.22. The van der Waals surface area contributed by atoms with Gasteiger partial charge in [0, 0.05) is 17.1 Å². The first-order valence-electron chi connectivity index (χ1n) is 7.72. The van der Waals surface area contributed by atoms with Gasteiger partial charge in [0.15, 0.2) is 5.69 Å². The van der Waals surface area contributed by atoms with Crippen LogP contribution in [0.3, 0.4) is 0 Å². The standard InChI is InChI=1S/C16H18BrF4N5/c1-26(2)7-3-6-22-15-24-13(16(19,20)21)9-14(25-15)23-12-5-4-10(17)8-11(12)18/h4-5,8-9H,3,6-7H2,1-2H3,(H2,22,23,24,25). The summed E-state index contributed by atoms with van der Waals surface area (Å²) in [5, 5.41) is 5.34. The van der Waals surface area contributed by atoms with E-state index in [-0.39, 0.29) is 17.5 Å². The first-order chi connectivity index (χ1) is 12.1. The molecule has 1 aromatic carbocycles. The van der Waals surface area contributed by atoms with E-state index in [2.05, 4.69) is 36.5 Å². The van der Waals surface area contributed by atoms with Crippen LogP contribution in [0.1, 0.15) is 12.1 Å². The molecule has 10 heteroatoms. The lowest BCUT2D eigenvalue weighted by Crippen LogP contribution is -2.18. The molecule has 5 nitrogen and oxygen atoms in total. The first kappa shape index (κ1) is 20.4. The Bertz CT molecular complexity index is 752. The van der Waals surface area contributed by atoms with Gasteiger partial charge in [-0.25, -0.2) is 9.37 Å². The molecule has 0 amide bonds. The highest BCUT2D eigenvalue weighted by atomic mass is 79.9. The summed E-state index contributed by atoms with van der Waals surface area (Å²) in [5.41, 5.74) is -1.10. The van der Waals surface area contributed by atoms with Crippen LogP contribution in [-0.2, 0) is 6.18 Å². The summed E-state index contributed by atoms with van der Waals surface area (Å²) in [4.78, 5) is 9.45. The Morgan fingerprint density at radius 2 is 1.88 bits per heavy atom.